The van der Waals surface area contributed by atoms with E-state index in [-0.39, 0.29) is 11.7 Å². The number of thioether (sulfide) groups is 1. The Balaban J connectivity index is 1.47. The van der Waals surface area contributed by atoms with Gasteiger partial charge in [-0.2, -0.15) is 5.10 Å². The summed E-state index contributed by atoms with van der Waals surface area (Å²) in [7, 11) is 0. The summed E-state index contributed by atoms with van der Waals surface area (Å²) < 4.78 is 7.24. The third-order valence-electron chi connectivity index (χ3n) is 4.70. The van der Waals surface area contributed by atoms with E-state index in [0.717, 1.165) is 38.7 Å². The van der Waals surface area contributed by atoms with Crippen LogP contribution in [0.5, 0.6) is 5.75 Å². The molecule has 0 spiro atoms. The SMILES string of the molecule is CCOc1ccc(NC(=O)CSc2ncnc3c2cnn3-c2ccc(C)cc2C)cc1. The van der Waals surface area contributed by atoms with Gasteiger partial charge >= 0.3 is 0 Å². The molecule has 0 aliphatic carbocycles. The minimum Gasteiger partial charge on any atom is -0.494 e. The lowest BCUT2D eigenvalue weighted by molar-refractivity contribution is -0.113. The number of ether oxygens (including phenoxy) is 1. The normalized spacial score (nSPS) is 10.9. The number of hydrogen-bond donors (Lipinski definition) is 1. The number of carbonyl (C=O) groups excluding carboxylic acids is 1. The maximum Gasteiger partial charge on any atom is 0.234 e. The van der Waals surface area contributed by atoms with Gasteiger partial charge in [-0.1, -0.05) is 29.5 Å². The van der Waals surface area contributed by atoms with Crippen molar-refractivity contribution in [3.8, 4) is 11.4 Å². The van der Waals surface area contributed by atoms with Crippen LogP contribution in [0.1, 0.15) is 18.1 Å². The number of rotatable bonds is 7. The van der Waals surface area contributed by atoms with Crippen molar-refractivity contribution in [3.05, 3.63) is 66.1 Å². The Morgan fingerprint density at radius 3 is 2.68 bits per heavy atom. The van der Waals surface area contributed by atoms with Gasteiger partial charge in [-0.15, -0.1) is 0 Å². The molecule has 2 aromatic carbocycles. The Bertz CT molecular complexity index is 1220. The van der Waals surface area contributed by atoms with E-state index in [4.69, 9.17) is 4.74 Å². The molecule has 0 radical (unpaired) electrons. The van der Waals surface area contributed by atoms with Crippen LogP contribution in [0.2, 0.25) is 0 Å². The molecule has 158 valence electrons. The molecule has 0 aliphatic heterocycles. The van der Waals surface area contributed by atoms with Gasteiger partial charge < -0.3 is 10.1 Å². The monoisotopic (exact) mass is 433 g/mol. The minimum absolute atomic E-state index is 0.109. The average molecular weight is 434 g/mol. The fourth-order valence-electron chi connectivity index (χ4n) is 3.29. The topological polar surface area (TPSA) is 81.9 Å². The van der Waals surface area contributed by atoms with Crippen molar-refractivity contribution in [2.75, 3.05) is 17.7 Å². The highest BCUT2D eigenvalue weighted by Crippen LogP contribution is 2.27. The van der Waals surface area contributed by atoms with E-state index in [9.17, 15) is 4.79 Å². The summed E-state index contributed by atoms with van der Waals surface area (Å²) in [5.41, 5.74) is 4.74. The average Bonchev–Trinajstić information content (AvgIpc) is 3.18. The van der Waals surface area contributed by atoms with Crippen molar-refractivity contribution in [2.24, 2.45) is 0 Å². The lowest BCUT2D eigenvalue weighted by Gasteiger charge is -2.08. The van der Waals surface area contributed by atoms with Crippen LogP contribution in [-0.2, 0) is 4.79 Å². The summed E-state index contributed by atoms with van der Waals surface area (Å²) >= 11 is 1.36. The van der Waals surface area contributed by atoms with E-state index >= 15 is 0 Å². The molecule has 0 saturated heterocycles. The summed E-state index contributed by atoms with van der Waals surface area (Å²) in [6, 6.07) is 13.5. The number of hydrogen-bond acceptors (Lipinski definition) is 6. The highest BCUT2D eigenvalue weighted by molar-refractivity contribution is 8.00. The second-order valence-corrected chi connectivity index (χ2v) is 8.02. The first-order valence-corrected chi connectivity index (χ1v) is 11.0. The third kappa shape index (κ3) is 4.69. The van der Waals surface area contributed by atoms with Gasteiger partial charge in [-0.05, 0) is 56.7 Å². The van der Waals surface area contributed by atoms with E-state index in [2.05, 4.69) is 46.4 Å². The predicted octanol–water partition coefficient (Wildman–Crippen LogP) is 4.56. The molecule has 0 aliphatic rings. The fraction of sp³-hybridized carbons (Fsp3) is 0.217. The standard InChI is InChI=1S/C23H23N5O2S/c1-4-30-18-8-6-17(7-9-18)27-21(29)13-31-23-19-12-26-28(22(19)24-14-25-23)20-10-5-15(2)11-16(20)3/h5-12,14H,4,13H2,1-3H3,(H,27,29). The smallest absolute Gasteiger partial charge is 0.234 e. The van der Waals surface area contributed by atoms with Crippen molar-refractivity contribution in [1.29, 1.82) is 0 Å². The van der Waals surface area contributed by atoms with Crippen molar-refractivity contribution in [2.45, 2.75) is 25.8 Å². The Hall–Kier alpha value is -3.39. The molecule has 1 N–H and O–H groups in total. The number of aromatic nitrogens is 4. The van der Waals surface area contributed by atoms with Gasteiger partial charge in [-0.3, -0.25) is 4.79 Å². The molecule has 0 fully saturated rings. The molecular formula is C23H23N5O2S. The molecule has 2 heterocycles. The van der Waals surface area contributed by atoms with Crippen LogP contribution < -0.4 is 10.1 Å². The minimum atomic E-state index is -0.109. The first-order chi connectivity index (χ1) is 15.0. The van der Waals surface area contributed by atoms with E-state index in [1.807, 2.05) is 41.9 Å². The highest BCUT2D eigenvalue weighted by Gasteiger charge is 2.14. The van der Waals surface area contributed by atoms with E-state index in [1.165, 1.54) is 23.7 Å². The molecule has 1 amide bonds. The number of fused-ring (bicyclic) bond motifs is 1. The summed E-state index contributed by atoms with van der Waals surface area (Å²) in [5.74, 6) is 0.899. The largest absolute Gasteiger partial charge is 0.494 e. The van der Waals surface area contributed by atoms with Crippen LogP contribution in [0.4, 0.5) is 5.69 Å². The van der Waals surface area contributed by atoms with E-state index < -0.39 is 0 Å². The van der Waals surface area contributed by atoms with Gasteiger partial charge in [0.1, 0.15) is 17.1 Å². The van der Waals surface area contributed by atoms with Crippen molar-refractivity contribution >= 4 is 34.4 Å². The van der Waals surface area contributed by atoms with Gasteiger partial charge in [-0.25, -0.2) is 14.6 Å². The number of carbonyl (C=O) groups is 1. The number of nitrogens with one attached hydrogen (secondary N) is 1. The Kier molecular flexibility index (Phi) is 6.18. The third-order valence-corrected chi connectivity index (χ3v) is 5.70. The van der Waals surface area contributed by atoms with Gasteiger partial charge in [0.15, 0.2) is 5.65 Å². The molecule has 0 unspecified atom stereocenters. The Labute approximate surface area is 184 Å². The quantitative estimate of drug-likeness (QED) is 0.340. The maximum atomic E-state index is 12.4. The Morgan fingerprint density at radius 2 is 1.94 bits per heavy atom. The number of aryl methyl sites for hydroxylation is 2. The van der Waals surface area contributed by atoms with E-state index in [0.29, 0.717) is 6.61 Å². The zero-order valence-electron chi connectivity index (χ0n) is 17.6. The molecule has 0 saturated carbocycles. The van der Waals surface area contributed by atoms with Gasteiger partial charge in [0.2, 0.25) is 5.91 Å². The summed E-state index contributed by atoms with van der Waals surface area (Å²) in [6.07, 6.45) is 3.26. The second kappa shape index (κ2) is 9.18. The van der Waals surface area contributed by atoms with Crippen molar-refractivity contribution in [3.63, 3.8) is 0 Å². The van der Waals surface area contributed by atoms with Crippen LogP contribution in [0.15, 0.2) is 60.0 Å². The summed E-state index contributed by atoms with van der Waals surface area (Å²) in [6.45, 7) is 6.66. The number of benzene rings is 2. The summed E-state index contributed by atoms with van der Waals surface area (Å²) in [5, 5.41) is 8.96. The molecule has 31 heavy (non-hydrogen) atoms. The maximum absolute atomic E-state index is 12.4. The molecule has 2 aromatic heterocycles. The van der Waals surface area contributed by atoms with E-state index in [1.54, 1.807) is 6.20 Å². The molecule has 0 atom stereocenters. The van der Waals surface area contributed by atoms with Crippen LogP contribution in [-0.4, -0.2) is 38.0 Å². The lowest BCUT2D eigenvalue weighted by atomic mass is 10.1. The number of anilines is 1. The molecule has 7 nitrogen and oxygen atoms in total. The summed E-state index contributed by atoms with van der Waals surface area (Å²) in [4.78, 5) is 21.2. The molecule has 4 rings (SSSR count). The highest BCUT2D eigenvalue weighted by atomic mass is 32.2. The van der Waals surface area contributed by atoms with Crippen molar-refractivity contribution in [1.82, 2.24) is 19.7 Å². The zero-order chi connectivity index (χ0) is 21.8. The van der Waals surface area contributed by atoms with Crippen LogP contribution in [0.3, 0.4) is 0 Å². The van der Waals surface area contributed by atoms with Crippen LogP contribution in [0, 0.1) is 13.8 Å². The number of amides is 1. The van der Waals surface area contributed by atoms with Crippen LogP contribution >= 0.6 is 11.8 Å². The molecule has 8 heteroatoms. The van der Waals surface area contributed by atoms with Gasteiger partial charge in [0, 0.05) is 5.69 Å². The lowest BCUT2D eigenvalue weighted by Crippen LogP contribution is -2.14. The van der Waals surface area contributed by atoms with Gasteiger partial charge in [0.05, 0.1) is 29.6 Å². The Morgan fingerprint density at radius 1 is 1.13 bits per heavy atom. The van der Waals surface area contributed by atoms with Gasteiger partial charge in [0.25, 0.3) is 0 Å². The first-order valence-electron chi connectivity index (χ1n) is 9.97. The molecule has 4 aromatic rings. The second-order valence-electron chi connectivity index (χ2n) is 7.06. The number of nitrogens with zero attached hydrogens (tertiary/aromatic N) is 4. The first kappa shape index (κ1) is 20.9. The predicted molar refractivity (Wildman–Crippen MR) is 123 cm³/mol. The molecule has 0 bridgehead atoms. The molecular weight excluding hydrogens is 410 g/mol. The fourth-order valence-corrected chi connectivity index (χ4v) is 4.05. The zero-order valence-corrected chi connectivity index (χ0v) is 18.4. The van der Waals surface area contributed by atoms with Crippen LogP contribution in [0.25, 0.3) is 16.7 Å². The van der Waals surface area contributed by atoms with Crippen molar-refractivity contribution < 1.29 is 9.53 Å².